The minimum Gasteiger partial charge on any atom is -0.368 e. The molecular weight excluding hydrogens is 234 g/mol. The lowest BCUT2D eigenvalue weighted by Gasteiger charge is -2.12. The molecule has 0 aliphatic heterocycles. The number of carbonyl (C=O) groups is 3. The van der Waals surface area contributed by atoms with Gasteiger partial charge in [-0.1, -0.05) is 30.3 Å². The molecular formula is C12H15N3O3. The average Bonchev–Trinajstić information content (AvgIpc) is 2.37. The highest BCUT2D eigenvalue weighted by molar-refractivity contribution is 5.88. The first-order chi connectivity index (χ1) is 8.63. The van der Waals surface area contributed by atoms with Gasteiger partial charge in [-0.25, -0.2) is 0 Å². The second-order valence-corrected chi connectivity index (χ2v) is 3.71. The molecule has 0 bridgehead atoms. The van der Waals surface area contributed by atoms with E-state index in [1.54, 1.807) is 0 Å². The fraction of sp³-hybridized carbons (Fsp3) is 0.250. The van der Waals surface area contributed by atoms with Crippen LogP contribution in [0.5, 0.6) is 0 Å². The van der Waals surface area contributed by atoms with Crippen molar-refractivity contribution in [2.45, 2.75) is 19.0 Å². The Kier molecular flexibility index (Phi) is 5.37. The molecule has 0 spiro atoms. The van der Waals surface area contributed by atoms with Gasteiger partial charge in [0.1, 0.15) is 6.04 Å². The summed E-state index contributed by atoms with van der Waals surface area (Å²) >= 11 is 0. The molecule has 0 saturated heterocycles. The molecule has 1 aromatic rings. The molecule has 0 saturated carbocycles. The van der Waals surface area contributed by atoms with Crippen molar-refractivity contribution in [3.05, 3.63) is 35.9 Å². The monoisotopic (exact) mass is 249 g/mol. The molecule has 0 aliphatic carbocycles. The summed E-state index contributed by atoms with van der Waals surface area (Å²) in [6.07, 6.45) is 0.181. The number of benzene rings is 1. The fourth-order valence-electron chi connectivity index (χ4n) is 1.38. The average molecular weight is 249 g/mol. The number of primary amides is 1. The predicted octanol–water partition coefficient (Wildman–Crippen LogP) is -0.707. The summed E-state index contributed by atoms with van der Waals surface area (Å²) < 4.78 is 0. The van der Waals surface area contributed by atoms with Crippen molar-refractivity contribution in [1.82, 2.24) is 10.6 Å². The number of nitrogens with one attached hydrogen (secondary N) is 2. The molecule has 0 aromatic heterocycles. The highest BCUT2D eigenvalue weighted by Gasteiger charge is 2.17. The van der Waals surface area contributed by atoms with Crippen LogP contribution in [0.2, 0.25) is 0 Å². The quantitative estimate of drug-likeness (QED) is 0.556. The second kappa shape index (κ2) is 7.05. The maximum atomic E-state index is 11.5. The van der Waals surface area contributed by atoms with Crippen LogP contribution in [0.15, 0.2) is 30.3 Å². The van der Waals surface area contributed by atoms with E-state index in [2.05, 4.69) is 10.6 Å². The predicted molar refractivity (Wildman–Crippen MR) is 65.1 cm³/mol. The van der Waals surface area contributed by atoms with E-state index in [4.69, 9.17) is 5.73 Å². The summed E-state index contributed by atoms with van der Waals surface area (Å²) in [6.45, 7) is 0.367. The molecule has 18 heavy (non-hydrogen) atoms. The molecule has 3 amide bonds. The van der Waals surface area contributed by atoms with E-state index in [0.717, 1.165) is 5.56 Å². The first-order valence-electron chi connectivity index (χ1n) is 5.43. The number of amides is 3. The Morgan fingerprint density at radius 1 is 1.28 bits per heavy atom. The third-order valence-corrected chi connectivity index (χ3v) is 2.33. The molecule has 0 heterocycles. The summed E-state index contributed by atoms with van der Waals surface area (Å²) in [5.41, 5.74) is 5.99. The smallest absolute Gasteiger partial charge is 0.240 e. The molecule has 6 heteroatoms. The first kappa shape index (κ1) is 13.7. The van der Waals surface area contributed by atoms with Gasteiger partial charge in [-0.2, -0.15) is 0 Å². The van der Waals surface area contributed by atoms with Crippen LogP contribution >= 0.6 is 0 Å². The van der Waals surface area contributed by atoms with Crippen LogP contribution in [0.4, 0.5) is 0 Å². The van der Waals surface area contributed by atoms with Crippen molar-refractivity contribution < 1.29 is 14.4 Å². The lowest BCUT2D eigenvalue weighted by atomic mass is 10.2. The van der Waals surface area contributed by atoms with Gasteiger partial charge in [-0.15, -0.1) is 0 Å². The second-order valence-electron chi connectivity index (χ2n) is 3.71. The van der Waals surface area contributed by atoms with Crippen LogP contribution in [0.1, 0.15) is 12.0 Å². The van der Waals surface area contributed by atoms with Gasteiger partial charge in [0.15, 0.2) is 0 Å². The van der Waals surface area contributed by atoms with Crippen LogP contribution in [0.25, 0.3) is 0 Å². The number of nitrogens with two attached hydrogens (primary N) is 1. The van der Waals surface area contributed by atoms with Crippen LogP contribution in [-0.2, 0) is 20.9 Å². The van der Waals surface area contributed by atoms with Gasteiger partial charge < -0.3 is 16.4 Å². The molecule has 4 N–H and O–H groups in total. The van der Waals surface area contributed by atoms with Crippen molar-refractivity contribution in [3.8, 4) is 0 Å². The standard InChI is InChI=1S/C12H15N3O3/c13-12(18)10(15-8-16)6-11(17)14-7-9-4-2-1-3-5-9/h1-5,8,10H,6-7H2,(H2,13,18)(H,14,17)(H,15,16)/t10-/m0/s1. The molecule has 96 valence electrons. The molecule has 0 aliphatic rings. The van der Waals surface area contributed by atoms with Gasteiger partial charge in [-0.05, 0) is 5.56 Å². The van der Waals surface area contributed by atoms with E-state index in [9.17, 15) is 14.4 Å². The lowest BCUT2D eigenvalue weighted by Crippen LogP contribution is -2.44. The van der Waals surface area contributed by atoms with E-state index in [0.29, 0.717) is 13.0 Å². The topological polar surface area (TPSA) is 101 Å². The molecule has 0 radical (unpaired) electrons. The number of hydrogen-bond acceptors (Lipinski definition) is 3. The van der Waals surface area contributed by atoms with Crippen LogP contribution in [0, 0.1) is 0 Å². The van der Waals surface area contributed by atoms with Crippen molar-refractivity contribution in [2.75, 3.05) is 0 Å². The Balaban J connectivity index is 2.41. The summed E-state index contributed by atoms with van der Waals surface area (Å²) in [7, 11) is 0. The third kappa shape index (κ3) is 4.65. The third-order valence-electron chi connectivity index (χ3n) is 2.33. The van der Waals surface area contributed by atoms with Gasteiger partial charge >= 0.3 is 0 Å². The van der Waals surface area contributed by atoms with Gasteiger partial charge in [0.25, 0.3) is 0 Å². The number of rotatable bonds is 7. The number of hydrogen-bond donors (Lipinski definition) is 3. The lowest BCUT2D eigenvalue weighted by molar-refractivity contribution is -0.128. The summed E-state index contributed by atoms with van der Waals surface area (Å²) in [6, 6.07) is 8.37. The Hall–Kier alpha value is -2.37. The van der Waals surface area contributed by atoms with E-state index < -0.39 is 11.9 Å². The zero-order valence-corrected chi connectivity index (χ0v) is 9.76. The summed E-state index contributed by atoms with van der Waals surface area (Å²) in [5.74, 6) is -1.09. The van der Waals surface area contributed by atoms with E-state index in [1.165, 1.54) is 0 Å². The SMILES string of the molecule is NC(=O)[C@H](CC(=O)NCc1ccccc1)NC=O. The molecule has 1 atom stereocenters. The van der Waals surface area contributed by atoms with Gasteiger partial charge in [0.2, 0.25) is 18.2 Å². The Bertz CT molecular complexity index is 420. The molecule has 6 nitrogen and oxygen atoms in total. The Labute approximate surface area is 105 Å². The Morgan fingerprint density at radius 3 is 2.50 bits per heavy atom. The molecule has 1 rings (SSSR count). The normalized spacial score (nSPS) is 11.3. The largest absolute Gasteiger partial charge is 0.368 e. The maximum absolute atomic E-state index is 11.5. The minimum atomic E-state index is -0.974. The zero-order valence-electron chi connectivity index (χ0n) is 9.76. The summed E-state index contributed by atoms with van der Waals surface area (Å²) in [5, 5.41) is 4.84. The number of carbonyl (C=O) groups excluding carboxylic acids is 3. The van der Waals surface area contributed by atoms with Gasteiger partial charge in [0.05, 0.1) is 6.42 Å². The zero-order chi connectivity index (χ0) is 13.4. The Morgan fingerprint density at radius 2 is 1.94 bits per heavy atom. The summed E-state index contributed by atoms with van der Waals surface area (Å²) in [4.78, 5) is 32.7. The van der Waals surface area contributed by atoms with Gasteiger partial charge in [-0.3, -0.25) is 14.4 Å². The van der Waals surface area contributed by atoms with E-state index >= 15 is 0 Å². The van der Waals surface area contributed by atoms with Crippen molar-refractivity contribution in [1.29, 1.82) is 0 Å². The molecule has 1 aromatic carbocycles. The van der Waals surface area contributed by atoms with Crippen molar-refractivity contribution in [2.24, 2.45) is 5.73 Å². The van der Waals surface area contributed by atoms with Crippen LogP contribution in [-0.4, -0.2) is 24.3 Å². The van der Waals surface area contributed by atoms with E-state index in [-0.39, 0.29) is 12.3 Å². The van der Waals surface area contributed by atoms with Crippen molar-refractivity contribution >= 4 is 18.2 Å². The highest BCUT2D eigenvalue weighted by Crippen LogP contribution is 1.98. The fourth-order valence-corrected chi connectivity index (χ4v) is 1.38. The minimum absolute atomic E-state index is 0.166. The molecule has 0 fully saturated rings. The van der Waals surface area contributed by atoms with E-state index in [1.807, 2.05) is 30.3 Å². The van der Waals surface area contributed by atoms with Crippen LogP contribution in [0.3, 0.4) is 0 Å². The maximum Gasteiger partial charge on any atom is 0.240 e. The highest BCUT2D eigenvalue weighted by atomic mass is 16.2. The van der Waals surface area contributed by atoms with Crippen molar-refractivity contribution in [3.63, 3.8) is 0 Å². The first-order valence-corrected chi connectivity index (χ1v) is 5.43. The van der Waals surface area contributed by atoms with Gasteiger partial charge in [0, 0.05) is 6.54 Å². The molecule has 0 unspecified atom stereocenters. The van der Waals surface area contributed by atoms with Crippen LogP contribution < -0.4 is 16.4 Å².